The van der Waals surface area contributed by atoms with E-state index in [4.69, 9.17) is 4.74 Å². The summed E-state index contributed by atoms with van der Waals surface area (Å²) in [5.74, 6) is 1.70. The highest BCUT2D eigenvalue weighted by atomic mass is 16.5. The number of aliphatic hydroxyl groups is 1. The number of H-pyrrole nitrogens is 1. The van der Waals surface area contributed by atoms with Crippen LogP contribution < -0.4 is 4.74 Å². The molecule has 0 bridgehead atoms. The van der Waals surface area contributed by atoms with Crippen molar-refractivity contribution in [3.05, 3.63) is 76.1 Å². The maximum atomic E-state index is 10.7. The molecular formula is C31H42N4O2. The van der Waals surface area contributed by atoms with E-state index >= 15 is 0 Å². The van der Waals surface area contributed by atoms with Crippen molar-refractivity contribution in [2.45, 2.75) is 96.5 Å². The van der Waals surface area contributed by atoms with Crippen molar-refractivity contribution >= 4 is 6.08 Å². The third-order valence-electron chi connectivity index (χ3n) is 8.24. The number of aryl methyl sites for hydroxylation is 3. The standard InChI is InChI=1S/C31H42N4O2/c1-5-31(6-2,26-13-12-25(23(3)21-26)16-19-30(36)17-8-9-18-30)27-14-15-28(24(4)22-27)37-20-10-7-11-29-32-34-35-33-29/h12-16,19,21-22,36H,5-11,17-18,20H2,1-4H3,(H,32,33,34,35). The molecule has 0 unspecified atom stereocenters. The number of nitrogens with one attached hydrogen (secondary N) is 1. The molecule has 0 saturated heterocycles. The maximum Gasteiger partial charge on any atom is 0.174 e. The van der Waals surface area contributed by atoms with Gasteiger partial charge in [-0.2, -0.15) is 5.21 Å². The van der Waals surface area contributed by atoms with E-state index in [0.717, 1.165) is 69.4 Å². The van der Waals surface area contributed by atoms with Gasteiger partial charge in [-0.15, -0.1) is 10.2 Å². The molecule has 1 saturated carbocycles. The number of hydrogen-bond donors (Lipinski definition) is 2. The lowest BCUT2D eigenvalue weighted by molar-refractivity contribution is 0.100. The summed E-state index contributed by atoms with van der Waals surface area (Å²) >= 11 is 0. The first kappa shape index (κ1) is 27.1. The number of nitrogens with zero attached hydrogens (tertiary/aromatic N) is 3. The molecule has 1 aliphatic carbocycles. The average molecular weight is 503 g/mol. The zero-order valence-corrected chi connectivity index (χ0v) is 22.9. The van der Waals surface area contributed by atoms with Gasteiger partial charge in [0.15, 0.2) is 5.82 Å². The van der Waals surface area contributed by atoms with Crippen molar-refractivity contribution in [3.8, 4) is 5.75 Å². The van der Waals surface area contributed by atoms with Crippen LogP contribution in [0.15, 0.2) is 42.5 Å². The summed E-state index contributed by atoms with van der Waals surface area (Å²) in [4.78, 5) is 0. The fraction of sp³-hybridized carbons (Fsp3) is 0.516. The zero-order chi connectivity index (χ0) is 26.3. The van der Waals surface area contributed by atoms with Gasteiger partial charge in [-0.1, -0.05) is 74.4 Å². The van der Waals surface area contributed by atoms with E-state index in [1.165, 1.54) is 27.8 Å². The van der Waals surface area contributed by atoms with Crippen molar-refractivity contribution < 1.29 is 9.84 Å². The lowest BCUT2D eigenvalue weighted by Gasteiger charge is -2.34. The van der Waals surface area contributed by atoms with Crippen molar-refractivity contribution in [1.82, 2.24) is 20.6 Å². The SMILES string of the molecule is CCC(CC)(c1ccc(C=CC2(O)CCCC2)c(C)c1)c1ccc(OCCCCc2nn[nH]n2)c(C)c1. The molecule has 1 aliphatic rings. The molecule has 0 amide bonds. The molecule has 4 rings (SSSR count). The molecule has 6 nitrogen and oxygen atoms in total. The van der Waals surface area contributed by atoms with Gasteiger partial charge in [-0.05, 0) is 86.3 Å². The lowest BCUT2D eigenvalue weighted by atomic mass is 9.70. The van der Waals surface area contributed by atoms with Crippen LogP contribution >= 0.6 is 0 Å². The average Bonchev–Trinajstić information content (AvgIpc) is 3.58. The molecule has 2 N–H and O–H groups in total. The Bertz CT molecular complexity index is 1180. The number of aromatic nitrogens is 4. The van der Waals surface area contributed by atoms with Crippen LogP contribution in [0.4, 0.5) is 0 Å². The first-order valence-electron chi connectivity index (χ1n) is 13.9. The van der Waals surface area contributed by atoms with Crippen LogP contribution in [-0.2, 0) is 11.8 Å². The van der Waals surface area contributed by atoms with Gasteiger partial charge in [-0.25, -0.2) is 0 Å². The van der Waals surface area contributed by atoms with E-state index in [-0.39, 0.29) is 5.41 Å². The topological polar surface area (TPSA) is 83.9 Å². The van der Waals surface area contributed by atoms with E-state index in [0.29, 0.717) is 6.61 Å². The second kappa shape index (κ2) is 12.0. The summed E-state index contributed by atoms with van der Waals surface area (Å²) < 4.78 is 6.12. The number of benzene rings is 2. The van der Waals surface area contributed by atoms with Gasteiger partial charge in [0.25, 0.3) is 0 Å². The number of rotatable bonds is 12. The summed E-state index contributed by atoms with van der Waals surface area (Å²) in [5, 5.41) is 24.8. The van der Waals surface area contributed by atoms with E-state index < -0.39 is 5.60 Å². The Labute approximate surface area is 221 Å². The first-order valence-corrected chi connectivity index (χ1v) is 13.9. The Morgan fingerprint density at radius 2 is 1.70 bits per heavy atom. The van der Waals surface area contributed by atoms with E-state index in [9.17, 15) is 5.11 Å². The molecule has 2 aromatic carbocycles. The van der Waals surface area contributed by atoms with Crippen molar-refractivity contribution in [3.63, 3.8) is 0 Å². The van der Waals surface area contributed by atoms with Gasteiger partial charge in [0.1, 0.15) is 5.75 Å². The number of ether oxygens (including phenoxy) is 1. The van der Waals surface area contributed by atoms with E-state index in [1.54, 1.807) is 0 Å². The van der Waals surface area contributed by atoms with Gasteiger partial charge in [0.05, 0.1) is 12.2 Å². The van der Waals surface area contributed by atoms with Crippen LogP contribution in [-0.4, -0.2) is 37.9 Å². The molecule has 37 heavy (non-hydrogen) atoms. The fourth-order valence-corrected chi connectivity index (χ4v) is 5.76. The van der Waals surface area contributed by atoms with Gasteiger partial charge in [-0.3, -0.25) is 0 Å². The minimum absolute atomic E-state index is 0.0510. The van der Waals surface area contributed by atoms with Gasteiger partial charge >= 0.3 is 0 Å². The quantitative estimate of drug-likeness (QED) is 0.271. The molecule has 0 spiro atoms. The lowest BCUT2D eigenvalue weighted by Crippen LogP contribution is -2.26. The van der Waals surface area contributed by atoms with Crippen LogP contribution in [0.5, 0.6) is 5.75 Å². The van der Waals surface area contributed by atoms with Gasteiger partial charge < -0.3 is 9.84 Å². The second-order valence-electron chi connectivity index (χ2n) is 10.6. The van der Waals surface area contributed by atoms with Crippen molar-refractivity contribution in [2.24, 2.45) is 0 Å². The second-order valence-corrected chi connectivity index (χ2v) is 10.6. The number of aromatic amines is 1. The van der Waals surface area contributed by atoms with Crippen molar-refractivity contribution in [2.75, 3.05) is 6.61 Å². The van der Waals surface area contributed by atoms with E-state index in [1.807, 2.05) is 6.08 Å². The molecule has 6 heteroatoms. The Morgan fingerprint density at radius 1 is 1.00 bits per heavy atom. The third kappa shape index (κ3) is 6.30. The largest absolute Gasteiger partial charge is 0.493 e. The smallest absolute Gasteiger partial charge is 0.174 e. The van der Waals surface area contributed by atoms with Crippen LogP contribution in [0.25, 0.3) is 6.08 Å². The minimum atomic E-state index is -0.628. The Balaban J connectivity index is 1.46. The van der Waals surface area contributed by atoms with E-state index in [2.05, 4.69) is 90.8 Å². The summed E-state index contributed by atoms with van der Waals surface area (Å²) in [6.45, 7) is 9.56. The molecule has 1 aromatic heterocycles. The molecule has 0 radical (unpaired) electrons. The predicted molar refractivity (Wildman–Crippen MR) is 149 cm³/mol. The predicted octanol–water partition coefficient (Wildman–Crippen LogP) is 6.64. The molecule has 0 aliphatic heterocycles. The monoisotopic (exact) mass is 502 g/mol. The van der Waals surface area contributed by atoms with Crippen LogP contribution in [0.3, 0.4) is 0 Å². The summed E-state index contributed by atoms with van der Waals surface area (Å²) in [6.07, 6.45) is 12.9. The zero-order valence-electron chi connectivity index (χ0n) is 22.9. The highest BCUT2D eigenvalue weighted by Crippen LogP contribution is 2.41. The molecule has 0 atom stereocenters. The molecule has 1 heterocycles. The maximum absolute atomic E-state index is 10.7. The Kier molecular flexibility index (Phi) is 8.80. The third-order valence-corrected chi connectivity index (χ3v) is 8.24. The van der Waals surface area contributed by atoms with Gasteiger partial charge in [0.2, 0.25) is 0 Å². The molecule has 3 aromatic rings. The minimum Gasteiger partial charge on any atom is -0.493 e. The summed E-state index contributed by atoms with van der Waals surface area (Å²) in [7, 11) is 0. The summed E-state index contributed by atoms with van der Waals surface area (Å²) in [6, 6.07) is 13.5. The Morgan fingerprint density at radius 3 is 2.32 bits per heavy atom. The molecular weight excluding hydrogens is 460 g/mol. The van der Waals surface area contributed by atoms with Crippen LogP contribution in [0, 0.1) is 13.8 Å². The highest BCUT2D eigenvalue weighted by molar-refractivity contribution is 5.57. The first-order chi connectivity index (χ1) is 17.9. The molecule has 198 valence electrons. The number of hydrogen-bond acceptors (Lipinski definition) is 5. The molecule has 1 fully saturated rings. The van der Waals surface area contributed by atoms with Gasteiger partial charge in [0, 0.05) is 11.8 Å². The van der Waals surface area contributed by atoms with Crippen LogP contribution in [0.1, 0.15) is 98.9 Å². The highest BCUT2D eigenvalue weighted by Gasteiger charge is 2.32. The van der Waals surface area contributed by atoms with Crippen LogP contribution in [0.2, 0.25) is 0 Å². The normalized spacial score (nSPS) is 15.5. The fourth-order valence-electron chi connectivity index (χ4n) is 5.76. The number of tetrazole rings is 1. The summed E-state index contributed by atoms with van der Waals surface area (Å²) in [5.41, 5.74) is 5.61. The Hall–Kier alpha value is -2.99. The van der Waals surface area contributed by atoms with Crippen molar-refractivity contribution in [1.29, 1.82) is 0 Å². The number of unbranched alkanes of at least 4 members (excludes halogenated alkanes) is 1.